The Morgan fingerprint density at radius 3 is 1.92 bits per heavy atom. The molecule has 0 saturated carbocycles. The first-order valence-electron chi connectivity index (χ1n) is 8.05. The Labute approximate surface area is 150 Å². The molecule has 0 spiro atoms. The summed E-state index contributed by atoms with van der Waals surface area (Å²) in [5.41, 5.74) is 6.39. The van der Waals surface area contributed by atoms with Gasteiger partial charge >= 0.3 is 0 Å². The molecule has 5 nitrogen and oxygen atoms in total. The Morgan fingerprint density at radius 1 is 0.769 bits per heavy atom. The maximum absolute atomic E-state index is 8.89. The molecule has 3 aromatic carbocycles. The maximum atomic E-state index is 8.89. The first kappa shape index (κ1) is 15.4. The molecule has 0 saturated heterocycles. The van der Waals surface area contributed by atoms with Crippen LogP contribution in [0.25, 0.3) is 27.5 Å². The summed E-state index contributed by atoms with van der Waals surface area (Å²) in [5, 5.41) is 24.0. The molecule has 0 aliphatic carbocycles. The van der Waals surface area contributed by atoms with E-state index in [2.05, 4.69) is 39.4 Å². The minimum absolute atomic E-state index is 0.220. The second-order valence-corrected chi connectivity index (χ2v) is 5.68. The van der Waals surface area contributed by atoms with Crippen molar-refractivity contribution < 1.29 is 0 Å². The normalized spacial score (nSPS) is 10.2. The van der Waals surface area contributed by atoms with Gasteiger partial charge < -0.3 is 4.57 Å². The van der Waals surface area contributed by atoms with Gasteiger partial charge in [0, 0.05) is 10.8 Å². The van der Waals surface area contributed by atoms with Gasteiger partial charge in [0.25, 0.3) is 0 Å². The quantitative estimate of drug-likeness (QED) is 0.439. The lowest BCUT2D eigenvalue weighted by atomic mass is 10.2. The zero-order valence-corrected chi connectivity index (χ0v) is 13.7. The molecule has 1 N–H and O–H groups in total. The molecule has 0 fully saturated rings. The molecule has 0 aliphatic rings. The van der Waals surface area contributed by atoms with Crippen LogP contribution in [-0.2, 0) is 0 Å². The van der Waals surface area contributed by atoms with Gasteiger partial charge in [-0.15, -0.1) is 0 Å². The van der Waals surface area contributed by atoms with Gasteiger partial charge in [-0.2, -0.15) is 15.6 Å². The van der Waals surface area contributed by atoms with Crippen molar-refractivity contribution in [2.24, 2.45) is 5.10 Å². The summed E-state index contributed by atoms with van der Waals surface area (Å²) in [6, 6.07) is 27.6. The highest BCUT2D eigenvalue weighted by molar-refractivity contribution is 6.11. The van der Waals surface area contributed by atoms with Crippen LogP contribution in [0.4, 0.5) is 5.69 Å². The first-order valence-corrected chi connectivity index (χ1v) is 8.05. The van der Waals surface area contributed by atoms with Gasteiger partial charge in [-0.3, -0.25) is 5.43 Å². The van der Waals surface area contributed by atoms with Crippen molar-refractivity contribution >= 4 is 33.2 Å². The molecule has 1 heterocycles. The van der Waals surface area contributed by atoms with Crippen molar-refractivity contribution in [3.8, 4) is 17.8 Å². The average molecular weight is 335 g/mol. The van der Waals surface area contributed by atoms with Crippen LogP contribution in [0.2, 0.25) is 0 Å². The molecule has 0 unspecified atom stereocenters. The molecule has 4 rings (SSSR count). The van der Waals surface area contributed by atoms with E-state index in [4.69, 9.17) is 10.5 Å². The van der Waals surface area contributed by atoms with Crippen molar-refractivity contribution in [3.05, 3.63) is 72.8 Å². The third kappa shape index (κ3) is 2.45. The predicted octanol–water partition coefficient (Wildman–Crippen LogP) is 4.60. The molecular formula is C21H13N5. The van der Waals surface area contributed by atoms with E-state index in [-0.39, 0.29) is 5.71 Å². The molecule has 0 bridgehead atoms. The molecule has 0 amide bonds. The van der Waals surface area contributed by atoms with Gasteiger partial charge in [0.1, 0.15) is 12.1 Å². The van der Waals surface area contributed by atoms with Gasteiger partial charge in [-0.25, -0.2) is 0 Å². The van der Waals surface area contributed by atoms with Crippen molar-refractivity contribution in [2.75, 3.05) is 5.43 Å². The summed E-state index contributed by atoms with van der Waals surface area (Å²) in [7, 11) is 0. The number of benzene rings is 3. The molecular weight excluding hydrogens is 322 g/mol. The zero-order valence-electron chi connectivity index (χ0n) is 13.7. The lowest BCUT2D eigenvalue weighted by molar-refractivity contribution is 1.16. The van der Waals surface area contributed by atoms with Crippen LogP contribution >= 0.6 is 0 Å². The molecule has 26 heavy (non-hydrogen) atoms. The summed E-state index contributed by atoms with van der Waals surface area (Å²) >= 11 is 0. The number of hydrogen-bond acceptors (Lipinski definition) is 4. The number of hydrogen-bond donors (Lipinski definition) is 1. The Bertz CT molecular complexity index is 1170. The summed E-state index contributed by atoms with van der Waals surface area (Å²) in [6.07, 6.45) is 0. The second-order valence-electron chi connectivity index (χ2n) is 5.68. The summed E-state index contributed by atoms with van der Waals surface area (Å²) in [6.45, 7) is 0. The van der Waals surface area contributed by atoms with Crippen molar-refractivity contribution in [1.29, 1.82) is 10.5 Å². The molecule has 122 valence electrons. The third-order valence-corrected chi connectivity index (χ3v) is 4.22. The van der Waals surface area contributed by atoms with Gasteiger partial charge in [0.15, 0.2) is 0 Å². The van der Waals surface area contributed by atoms with E-state index in [0.717, 1.165) is 27.5 Å². The fraction of sp³-hybridized carbons (Fsp3) is 0. The van der Waals surface area contributed by atoms with Crippen molar-refractivity contribution in [2.45, 2.75) is 0 Å². The van der Waals surface area contributed by atoms with Crippen LogP contribution < -0.4 is 5.43 Å². The Morgan fingerprint density at radius 2 is 1.31 bits per heavy atom. The molecule has 4 aromatic rings. The summed E-state index contributed by atoms with van der Waals surface area (Å²) in [4.78, 5) is 0. The van der Waals surface area contributed by atoms with E-state index in [9.17, 15) is 0 Å². The fourth-order valence-corrected chi connectivity index (χ4v) is 3.14. The van der Waals surface area contributed by atoms with Crippen LogP contribution in [0.3, 0.4) is 0 Å². The Hall–Kier alpha value is -4.09. The van der Waals surface area contributed by atoms with Crippen LogP contribution in [0.5, 0.6) is 0 Å². The van der Waals surface area contributed by atoms with E-state index in [0.29, 0.717) is 5.69 Å². The zero-order chi connectivity index (χ0) is 17.9. The number of hydrazone groups is 1. The number of anilines is 1. The maximum Gasteiger partial charge on any atom is 0.237 e. The Balaban J connectivity index is 1.98. The monoisotopic (exact) mass is 335 g/mol. The summed E-state index contributed by atoms with van der Waals surface area (Å²) in [5.74, 6) is 0. The minimum Gasteiger partial charge on any atom is -0.307 e. The average Bonchev–Trinajstić information content (AvgIpc) is 3.03. The van der Waals surface area contributed by atoms with Crippen LogP contribution in [-0.4, -0.2) is 10.3 Å². The largest absolute Gasteiger partial charge is 0.307 e. The number of nitrogens with one attached hydrogen (secondary N) is 1. The lowest BCUT2D eigenvalue weighted by Gasteiger charge is -2.12. The molecule has 0 atom stereocenters. The second kappa shape index (κ2) is 6.43. The number of rotatable bonds is 3. The van der Waals surface area contributed by atoms with Gasteiger partial charge in [0.2, 0.25) is 5.71 Å². The van der Waals surface area contributed by atoms with Crippen molar-refractivity contribution in [1.82, 2.24) is 4.57 Å². The minimum atomic E-state index is -0.220. The van der Waals surface area contributed by atoms with Crippen LogP contribution in [0.15, 0.2) is 77.9 Å². The highest BCUT2D eigenvalue weighted by Gasteiger charge is 2.13. The van der Waals surface area contributed by atoms with E-state index in [1.807, 2.05) is 48.5 Å². The number of para-hydroxylation sites is 4. The summed E-state index contributed by atoms with van der Waals surface area (Å²) < 4.78 is 2.15. The first-order chi connectivity index (χ1) is 12.8. The van der Waals surface area contributed by atoms with Crippen LogP contribution in [0, 0.1) is 22.7 Å². The molecule has 5 heteroatoms. The lowest BCUT2D eigenvalue weighted by Crippen LogP contribution is -2.02. The molecule has 0 radical (unpaired) electrons. The predicted molar refractivity (Wildman–Crippen MR) is 103 cm³/mol. The van der Waals surface area contributed by atoms with E-state index in [1.165, 1.54) is 0 Å². The smallest absolute Gasteiger partial charge is 0.237 e. The van der Waals surface area contributed by atoms with E-state index < -0.39 is 0 Å². The number of nitrogens with zero attached hydrogens (tertiary/aromatic N) is 4. The topological polar surface area (TPSA) is 76.9 Å². The van der Waals surface area contributed by atoms with Gasteiger partial charge in [-0.1, -0.05) is 48.5 Å². The van der Waals surface area contributed by atoms with E-state index >= 15 is 0 Å². The Kier molecular flexibility index (Phi) is 3.82. The van der Waals surface area contributed by atoms with Gasteiger partial charge in [-0.05, 0) is 24.3 Å². The highest BCUT2D eigenvalue weighted by atomic mass is 15.3. The number of fused-ring (bicyclic) bond motifs is 3. The van der Waals surface area contributed by atoms with Crippen LogP contribution in [0.1, 0.15) is 0 Å². The SMILES string of the molecule is N#CC(C#N)=NNc1ccccc1-n1c2ccccc2c2ccccc21. The standard InChI is InChI=1S/C21H13N5/c22-13-15(14-23)24-25-18-9-3-6-12-21(18)26-19-10-4-1-7-16(19)17-8-2-5-11-20(17)26/h1-12,25H. The molecule has 1 aromatic heterocycles. The number of nitriles is 2. The van der Waals surface area contributed by atoms with E-state index in [1.54, 1.807) is 12.1 Å². The van der Waals surface area contributed by atoms with Gasteiger partial charge in [0.05, 0.1) is 22.4 Å². The highest BCUT2D eigenvalue weighted by Crippen LogP contribution is 2.34. The fourth-order valence-electron chi connectivity index (χ4n) is 3.14. The third-order valence-electron chi connectivity index (χ3n) is 4.22. The number of aromatic nitrogens is 1. The molecule has 0 aliphatic heterocycles. The van der Waals surface area contributed by atoms with Crippen molar-refractivity contribution in [3.63, 3.8) is 0 Å².